The molecular weight excluding hydrogens is 288 g/mol. The first-order chi connectivity index (χ1) is 10.8. The summed E-state index contributed by atoms with van der Waals surface area (Å²) < 4.78 is 5.88. The Labute approximate surface area is 137 Å². The number of rotatable bonds is 5. The van der Waals surface area contributed by atoms with Gasteiger partial charge in [0, 0.05) is 6.42 Å². The molecule has 23 heavy (non-hydrogen) atoms. The molecule has 2 aromatic rings. The van der Waals surface area contributed by atoms with Crippen LogP contribution in [0.2, 0.25) is 0 Å². The third kappa shape index (κ3) is 3.92. The molecule has 1 atom stereocenters. The topological polar surface area (TPSA) is 46.5 Å². The molecule has 0 saturated heterocycles. The maximum absolute atomic E-state index is 11.7. The van der Waals surface area contributed by atoms with Crippen LogP contribution in [0.1, 0.15) is 33.4 Å². The molecule has 1 N–H and O–H groups in total. The molecular formula is C20H24O3. The molecule has 2 aromatic carbocycles. The monoisotopic (exact) mass is 312 g/mol. The summed E-state index contributed by atoms with van der Waals surface area (Å²) in [6, 6.07) is 9.97. The predicted octanol–water partition coefficient (Wildman–Crippen LogP) is 4.30. The number of benzene rings is 2. The molecule has 0 saturated carbocycles. The predicted molar refractivity (Wildman–Crippen MR) is 92.3 cm³/mol. The fourth-order valence-electron chi connectivity index (χ4n) is 2.81. The van der Waals surface area contributed by atoms with Crippen molar-refractivity contribution in [3.05, 3.63) is 63.7 Å². The highest BCUT2D eigenvalue weighted by molar-refractivity contribution is 5.73. The first-order valence-electron chi connectivity index (χ1n) is 7.82. The molecule has 0 heterocycles. The van der Waals surface area contributed by atoms with Crippen LogP contribution in [-0.2, 0) is 11.2 Å². The summed E-state index contributed by atoms with van der Waals surface area (Å²) >= 11 is 0. The van der Waals surface area contributed by atoms with E-state index >= 15 is 0 Å². The van der Waals surface area contributed by atoms with Crippen molar-refractivity contribution >= 4 is 5.97 Å². The van der Waals surface area contributed by atoms with Crippen LogP contribution in [0.4, 0.5) is 0 Å². The van der Waals surface area contributed by atoms with E-state index in [2.05, 4.69) is 6.07 Å². The molecule has 2 rings (SSSR count). The number of ether oxygens (including phenoxy) is 1. The minimum Gasteiger partial charge on any atom is -0.478 e. The van der Waals surface area contributed by atoms with Gasteiger partial charge in [-0.05, 0) is 74.1 Å². The standard InChI is InChI=1S/C20H24O3/c1-12-9-15(4)16(5)18(10-12)23-19(20(21)22)11-17-13(2)7-6-8-14(17)3/h6-10,19H,11H2,1-5H3,(H,21,22)/t19-/m0/s1. The van der Waals surface area contributed by atoms with Crippen molar-refractivity contribution in [2.75, 3.05) is 0 Å². The molecule has 0 amide bonds. The first kappa shape index (κ1) is 17.1. The van der Waals surface area contributed by atoms with Crippen LogP contribution >= 0.6 is 0 Å². The molecule has 0 aliphatic carbocycles. The van der Waals surface area contributed by atoms with Gasteiger partial charge in [-0.15, -0.1) is 0 Å². The molecule has 0 unspecified atom stereocenters. The fourth-order valence-corrected chi connectivity index (χ4v) is 2.81. The lowest BCUT2D eigenvalue weighted by atomic mass is 9.97. The van der Waals surface area contributed by atoms with E-state index in [1.54, 1.807) is 0 Å². The van der Waals surface area contributed by atoms with E-state index in [0.29, 0.717) is 12.2 Å². The molecule has 122 valence electrons. The molecule has 0 aliphatic heterocycles. The minimum atomic E-state index is -0.939. The Hall–Kier alpha value is -2.29. The molecule has 0 spiro atoms. The summed E-state index contributed by atoms with van der Waals surface area (Å²) in [5.74, 6) is -0.285. The third-order valence-electron chi connectivity index (χ3n) is 4.34. The van der Waals surface area contributed by atoms with E-state index in [0.717, 1.165) is 33.4 Å². The lowest BCUT2D eigenvalue weighted by molar-refractivity contribution is -0.145. The lowest BCUT2D eigenvalue weighted by Crippen LogP contribution is -2.30. The summed E-state index contributed by atoms with van der Waals surface area (Å²) in [7, 11) is 0. The Balaban J connectivity index is 2.32. The van der Waals surface area contributed by atoms with Gasteiger partial charge in [-0.1, -0.05) is 24.3 Å². The summed E-state index contributed by atoms with van der Waals surface area (Å²) in [6.07, 6.45) is -0.532. The van der Waals surface area contributed by atoms with Crippen LogP contribution in [0, 0.1) is 34.6 Å². The van der Waals surface area contributed by atoms with Gasteiger partial charge in [-0.2, -0.15) is 0 Å². The van der Waals surface area contributed by atoms with E-state index in [1.807, 2.05) is 58.9 Å². The highest BCUT2D eigenvalue weighted by atomic mass is 16.5. The highest BCUT2D eigenvalue weighted by Crippen LogP contribution is 2.26. The smallest absolute Gasteiger partial charge is 0.345 e. The maximum Gasteiger partial charge on any atom is 0.345 e. The largest absolute Gasteiger partial charge is 0.478 e. The van der Waals surface area contributed by atoms with Crippen LogP contribution in [-0.4, -0.2) is 17.2 Å². The van der Waals surface area contributed by atoms with Crippen molar-refractivity contribution in [2.24, 2.45) is 0 Å². The number of carbonyl (C=O) groups is 1. The number of hydrogen-bond donors (Lipinski definition) is 1. The van der Waals surface area contributed by atoms with Gasteiger partial charge in [0.2, 0.25) is 0 Å². The van der Waals surface area contributed by atoms with Crippen molar-refractivity contribution in [3.8, 4) is 5.75 Å². The van der Waals surface area contributed by atoms with Crippen LogP contribution in [0.25, 0.3) is 0 Å². The second kappa shape index (κ2) is 6.86. The molecule has 3 heteroatoms. The second-order valence-corrected chi connectivity index (χ2v) is 6.22. The van der Waals surface area contributed by atoms with Crippen molar-refractivity contribution in [1.82, 2.24) is 0 Å². The summed E-state index contributed by atoms with van der Waals surface area (Å²) in [5, 5.41) is 9.58. The number of aliphatic carboxylic acids is 1. The molecule has 0 radical (unpaired) electrons. The van der Waals surface area contributed by atoms with Crippen LogP contribution in [0.5, 0.6) is 5.75 Å². The SMILES string of the molecule is Cc1cc(C)c(C)c(O[C@@H](Cc2c(C)cccc2C)C(=O)O)c1. The average Bonchev–Trinajstić information content (AvgIpc) is 2.46. The van der Waals surface area contributed by atoms with Gasteiger partial charge in [0.1, 0.15) is 5.75 Å². The lowest BCUT2D eigenvalue weighted by Gasteiger charge is -2.20. The Morgan fingerprint density at radius 1 is 1.04 bits per heavy atom. The van der Waals surface area contributed by atoms with E-state index < -0.39 is 12.1 Å². The van der Waals surface area contributed by atoms with E-state index in [-0.39, 0.29) is 0 Å². The number of aryl methyl sites for hydroxylation is 4. The van der Waals surface area contributed by atoms with E-state index in [9.17, 15) is 9.90 Å². The Bertz CT molecular complexity index is 712. The zero-order valence-electron chi connectivity index (χ0n) is 14.4. The zero-order chi connectivity index (χ0) is 17.1. The fraction of sp³-hybridized carbons (Fsp3) is 0.350. The van der Waals surface area contributed by atoms with Crippen LogP contribution < -0.4 is 4.74 Å². The van der Waals surface area contributed by atoms with Gasteiger partial charge in [-0.3, -0.25) is 0 Å². The van der Waals surface area contributed by atoms with Crippen LogP contribution in [0.3, 0.4) is 0 Å². The van der Waals surface area contributed by atoms with Crippen molar-refractivity contribution in [3.63, 3.8) is 0 Å². The normalized spacial score (nSPS) is 12.0. The van der Waals surface area contributed by atoms with Gasteiger partial charge in [-0.25, -0.2) is 4.79 Å². The average molecular weight is 312 g/mol. The molecule has 3 nitrogen and oxygen atoms in total. The summed E-state index contributed by atoms with van der Waals surface area (Å²) in [5.41, 5.74) is 6.40. The van der Waals surface area contributed by atoms with Gasteiger partial charge in [0.15, 0.2) is 6.10 Å². The first-order valence-corrected chi connectivity index (χ1v) is 7.82. The van der Waals surface area contributed by atoms with Crippen molar-refractivity contribution in [2.45, 2.75) is 47.1 Å². The quantitative estimate of drug-likeness (QED) is 0.895. The number of carboxylic acids is 1. The Kier molecular flexibility index (Phi) is 5.09. The minimum absolute atomic E-state index is 0.361. The number of hydrogen-bond acceptors (Lipinski definition) is 2. The zero-order valence-corrected chi connectivity index (χ0v) is 14.4. The van der Waals surface area contributed by atoms with Crippen molar-refractivity contribution < 1.29 is 14.6 Å². The van der Waals surface area contributed by atoms with Gasteiger partial charge < -0.3 is 9.84 Å². The second-order valence-electron chi connectivity index (χ2n) is 6.22. The molecule has 0 aliphatic rings. The Morgan fingerprint density at radius 3 is 2.22 bits per heavy atom. The molecule has 0 fully saturated rings. The van der Waals surface area contributed by atoms with Gasteiger partial charge >= 0.3 is 5.97 Å². The highest BCUT2D eigenvalue weighted by Gasteiger charge is 2.23. The summed E-state index contributed by atoms with van der Waals surface area (Å²) in [6.45, 7) is 9.96. The maximum atomic E-state index is 11.7. The van der Waals surface area contributed by atoms with E-state index in [1.165, 1.54) is 0 Å². The summed E-state index contributed by atoms with van der Waals surface area (Å²) in [4.78, 5) is 11.7. The Morgan fingerprint density at radius 2 is 1.65 bits per heavy atom. The molecule has 0 aromatic heterocycles. The van der Waals surface area contributed by atoms with E-state index in [4.69, 9.17) is 4.74 Å². The van der Waals surface area contributed by atoms with Gasteiger partial charge in [0.25, 0.3) is 0 Å². The van der Waals surface area contributed by atoms with Crippen LogP contribution in [0.15, 0.2) is 30.3 Å². The van der Waals surface area contributed by atoms with Gasteiger partial charge in [0.05, 0.1) is 0 Å². The number of carboxylic acid groups (broad SMARTS) is 1. The third-order valence-corrected chi connectivity index (χ3v) is 4.34. The van der Waals surface area contributed by atoms with Crippen molar-refractivity contribution in [1.29, 1.82) is 0 Å². The molecule has 0 bridgehead atoms.